The maximum absolute atomic E-state index is 12.9. The van der Waals surface area contributed by atoms with E-state index in [1.807, 2.05) is 15.9 Å². The molecule has 2 rings (SSSR count). The van der Waals surface area contributed by atoms with Crippen molar-refractivity contribution in [1.29, 1.82) is 0 Å². The lowest BCUT2D eigenvalue weighted by Crippen LogP contribution is -2.48. The molecule has 1 heterocycles. The van der Waals surface area contributed by atoms with Crippen LogP contribution >= 0.6 is 0 Å². The van der Waals surface area contributed by atoms with E-state index in [1.54, 1.807) is 19.0 Å². The van der Waals surface area contributed by atoms with E-state index >= 15 is 0 Å². The summed E-state index contributed by atoms with van der Waals surface area (Å²) in [5.41, 5.74) is 0. The van der Waals surface area contributed by atoms with Crippen molar-refractivity contribution in [2.24, 2.45) is 11.8 Å². The Kier molecular flexibility index (Phi) is 7.13. The molecule has 2 fully saturated rings. The second-order valence-corrected chi connectivity index (χ2v) is 7.47. The normalized spacial score (nSPS) is 19.8. The molecule has 3 amide bonds. The van der Waals surface area contributed by atoms with E-state index in [4.69, 9.17) is 0 Å². The zero-order valence-corrected chi connectivity index (χ0v) is 15.4. The summed E-state index contributed by atoms with van der Waals surface area (Å²) in [6, 6.07) is 0.0473. The van der Waals surface area contributed by atoms with Gasteiger partial charge in [0.05, 0.1) is 0 Å². The maximum atomic E-state index is 12.9. The van der Waals surface area contributed by atoms with Gasteiger partial charge >= 0.3 is 6.03 Å². The van der Waals surface area contributed by atoms with E-state index in [0.717, 1.165) is 19.4 Å². The molecule has 1 aliphatic carbocycles. The molecule has 5 nitrogen and oxygen atoms in total. The van der Waals surface area contributed by atoms with Crippen LogP contribution in [0.3, 0.4) is 0 Å². The monoisotopic (exact) mass is 335 g/mol. The predicted octanol–water partition coefficient (Wildman–Crippen LogP) is 2.97. The minimum Gasteiger partial charge on any atom is -0.338 e. The van der Waals surface area contributed by atoms with Crippen LogP contribution in [0.15, 0.2) is 12.7 Å². The standard InChI is InChI=1S/C19H33N3O2/c1-4-12-22(15-16-8-6-5-7-9-16)18(23)17-10-13-21(14-11-17)19(24)20(2)3/h4,16-17H,1,5-15H2,2-3H3. The van der Waals surface area contributed by atoms with E-state index in [2.05, 4.69) is 6.58 Å². The van der Waals surface area contributed by atoms with E-state index in [9.17, 15) is 9.59 Å². The van der Waals surface area contributed by atoms with Crippen molar-refractivity contribution >= 4 is 11.9 Å². The number of hydrogen-bond donors (Lipinski definition) is 0. The molecule has 1 saturated carbocycles. The number of piperidine rings is 1. The first kappa shape index (κ1) is 18.8. The van der Waals surface area contributed by atoms with Crippen molar-refractivity contribution in [3.63, 3.8) is 0 Å². The number of nitrogens with zero attached hydrogens (tertiary/aromatic N) is 3. The highest BCUT2D eigenvalue weighted by molar-refractivity contribution is 5.80. The minimum absolute atomic E-state index is 0.0473. The van der Waals surface area contributed by atoms with Gasteiger partial charge in [-0.15, -0.1) is 6.58 Å². The molecule has 0 aromatic rings. The lowest BCUT2D eigenvalue weighted by molar-refractivity contribution is -0.137. The number of rotatable bonds is 5. The molecule has 136 valence electrons. The molecule has 0 atom stereocenters. The SMILES string of the molecule is C=CCN(CC1CCCCC1)C(=O)C1CCN(C(=O)N(C)C)CC1. The quantitative estimate of drug-likeness (QED) is 0.725. The molecule has 1 saturated heterocycles. The maximum Gasteiger partial charge on any atom is 0.319 e. The van der Waals surface area contributed by atoms with Crippen molar-refractivity contribution in [1.82, 2.24) is 14.7 Å². The van der Waals surface area contributed by atoms with Gasteiger partial charge in [-0.2, -0.15) is 0 Å². The second-order valence-electron chi connectivity index (χ2n) is 7.47. The molecule has 0 aromatic heterocycles. The Balaban J connectivity index is 1.88. The van der Waals surface area contributed by atoms with Crippen molar-refractivity contribution < 1.29 is 9.59 Å². The molecule has 0 radical (unpaired) electrons. The van der Waals surface area contributed by atoms with Gasteiger partial charge in [0.2, 0.25) is 5.91 Å². The van der Waals surface area contributed by atoms with E-state index in [1.165, 1.54) is 32.1 Å². The van der Waals surface area contributed by atoms with E-state index in [-0.39, 0.29) is 17.9 Å². The Bertz CT molecular complexity index is 436. The van der Waals surface area contributed by atoms with Crippen molar-refractivity contribution in [3.05, 3.63) is 12.7 Å². The summed E-state index contributed by atoms with van der Waals surface area (Å²) in [5.74, 6) is 0.968. The summed E-state index contributed by atoms with van der Waals surface area (Å²) in [6.45, 7) is 6.70. The number of amides is 3. The first-order chi connectivity index (χ1) is 11.5. The van der Waals surface area contributed by atoms with Crippen LogP contribution in [0.25, 0.3) is 0 Å². The van der Waals surface area contributed by atoms with Crippen LogP contribution in [0.4, 0.5) is 4.79 Å². The summed E-state index contributed by atoms with van der Waals surface area (Å²) >= 11 is 0. The van der Waals surface area contributed by atoms with Crippen molar-refractivity contribution in [2.75, 3.05) is 40.3 Å². The number of likely N-dealkylation sites (tertiary alicyclic amines) is 1. The topological polar surface area (TPSA) is 43.9 Å². The molecule has 0 aromatic carbocycles. The third-order valence-electron chi connectivity index (χ3n) is 5.36. The smallest absolute Gasteiger partial charge is 0.319 e. The molecule has 2 aliphatic rings. The van der Waals surface area contributed by atoms with Gasteiger partial charge in [0.15, 0.2) is 0 Å². The van der Waals surface area contributed by atoms with Gasteiger partial charge in [0.25, 0.3) is 0 Å². The van der Waals surface area contributed by atoms with Gasteiger partial charge in [-0.1, -0.05) is 25.3 Å². The van der Waals surface area contributed by atoms with Crippen LogP contribution < -0.4 is 0 Å². The molecule has 24 heavy (non-hydrogen) atoms. The van der Waals surface area contributed by atoms with Gasteiger partial charge < -0.3 is 14.7 Å². The largest absolute Gasteiger partial charge is 0.338 e. The molecule has 1 aliphatic heterocycles. The molecule has 0 spiro atoms. The van der Waals surface area contributed by atoms with Crippen LogP contribution in [0.5, 0.6) is 0 Å². The molecular formula is C19H33N3O2. The van der Waals surface area contributed by atoms with E-state index < -0.39 is 0 Å². The first-order valence-electron chi connectivity index (χ1n) is 9.38. The summed E-state index contributed by atoms with van der Waals surface area (Å²) in [6.07, 6.45) is 9.81. The number of carbonyl (C=O) groups excluding carboxylic acids is 2. The van der Waals surface area contributed by atoms with Gasteiger partial charge in [-0.05, 0) is 31.6 Å². The molecule has 0 bridgehead atoms. The molecule has 5 heteroatoms. The second kappa shape index (κ2) is 9.09. The average molecular weight is 335 g/mol. The van der Waals surface area contributed by atoms with Crippen LogP contribution in [0.2, 0.25) is 0 Å². The predicted molar refractivity (Wildman–Crippen MR) is 96.7 cm³/mol. The minimum atomic E-state index is 0.0473. The Labute approximate surface area is 146 Å². The van der Waals surface area contributed by atoms with Crippen molar-refractivity contribution in [3.8, 4) is 0 Å². The number of urea groups is 1. The van der Waals surface area contributed by atoms with Crippen LogP contribution in [-0.4, -0.2) is 66.9 Å². The van der Waals surface area contributed by atoms with Gasteiger partial charge in [-0.25, -0.2) is 4.79 Å². The molecular weight excluding hydrogens is 302 g/mol. The fourth-order valence-corrected chi connectivity index (χ4v) is 3.95. The Morgan fingerprint density at radius 1 is 1.08 bits per heavy atom. The lowest BCUT2D eigenvalue weighted by Gasteiger charge is -2.36. The third kappa shape index (κ3) is 4.99. The van der Waals surface area contributed by atoms with Gasteiger partial charge in [0.1, 0.15) is 0 Å². The summed E-state index contributed by atoms with van der Waals surface area (Å²) < 4.78 is 0. The zero-order chi connectivity index (χ0) is 17.5. The lowest BCUT2D eigenvalue weighted by atomic mass is 9.88. The molecule has 0 N–H and O–H groups in total. The van der Waals surface area contributed by atoms with Gasteiger partial charge in [-0.3, -0.25) is 4.79 Å². The average Bonchev–Trinajstić information content (AvgIpc) is 2.61. The van der Waals surface area contributed by atoms with Gasteiger partial charge in [0, 0.05) is 46.2 Å². The fraction of sp³-hybridized carbons (Fsp3) is 0.789. The highest BCUT2D eigenvalue weighted by atomic mass is 16.2. The van der Waals surface area contributed by atoms with Crippen LogP contribution in [0.1, 0.15) is 44.9 Å². The Morgan fingerprint density at radius 3 is 2.25 bits per heavy atom. The zero-order valence-electron chi connectivity index (χ0n) is 15.4. The van der Waals surface area contributed by atoms with Crippen molar-refractivity contribution in [2.45, 2.75) is 44.9 Å². The summed E-state index contributed by atoms with van der Waals surface area (Å²) in [7, 11) is 3.55. The highest BCUT2D eigenvalue weighted by Gasteiger charge is 2.31. The van der Waals surface area contributed by atoms with E-state index in [0.29, 0.717) is 25.6 Å². The van der Waals surface area contributed by atoms with Crippen LogP contribution in [0, 0.1) is 11.8 Å². The number of carbonyl (C=O) groups is 2. The summed E-state index contributed by atoms with van der Waals surface area (Å²) in [4.78, 5) is 30.4. The Morgan fingerprint density at radius 2 is 1.71 bits per heavy atom. The first-order valence-corrected chi connectivity index (χ1v) is 9.38. The number of hydrogen-bond acceptors (Lipinski definition) is 2. The highest BCUT2D eigenvalue weighted by Crippen LogP contribution is 2.26. The third-order valence-corrected chi connectivity index (χ3v) is 5.36. The van der Waals surface area contributed by atoms with Crippen LogP contribution in [-0.2, 0) is 4.79 Å². The summed E-state index contributed by atoms with van der Waals surface area (Å²) in [5, 5.41) is 0. The molecule has 0 unspecified atom stereocenters. The Hall–Kier alpha value is -1.52. The fourth-order valence-electron chi connectivity index (χ4n) is 3.95.